The van der Waals surface area contributed by atoms with Gasteiger partial charge in [0.2, 0.25) is 0 Å². The van der Waals surface area contributed by atoms with E-state index in [0.29, 0.717) is 17.8 Å². The second-order valence-electron chi connectivity index (χ2n) is 5.52. The van der Waals surface area contributed by atoms with Gasteiger partial charge in [0.1, 0.15) is 11.5 Å². The molecule has 1 aliphatic rings. The first kappa shape index (κ1) is 14.6. The number of piperidine rings is 1. The van der Waals surface area contributed by atoms with Crippen LogP contribution < -0.4 is 5.73 Å². The van der Waals surface area contributed by atoms with Crippen molar-refractivity contribution in [1.29, 1.82) is 0 Å². The highest BCUT2D eigenvalue weighted by Gasteiger charge is 2.20. The average molecular weight is 303 g/mol. The Hall–Kier alpha value is -2.28. The molecule has 1 fully saturated rings. The van der Waals surface area contributed by atoms with Crippen molar-refractivity contribution in [2.45, 2.75) is 25.8 Å². The van der Waals surface area contributed by atoms with Crippen molar-refractivity contribution < 1.29 is 9.18 Å². The number of nitrogens with one attached hydrogen (secondary N) is 1. The number of nitrogens with two attached hydrogens (primary N) is 1. The molecule has 0 atom stereocenters. The number of hydrogen-bond acceptors (Lipinski definition) is 4. The monoisotopic (exact) mass is 303 g/mol. The van der Waals surface area contributed by atoms with Crippen LogP contribution in [0.1, 0.15) is 35.3 Å². The van der Waals surface area contributed by atoms with Crippen molar-refractivity contribution in [1.82, 2.24) is 20.3 Å². The summed E-state index contributed by atoms with van der Waals surface area (Å²) in [6.07, 6.45) is 3.55. The van der Waals surface area contributed by atoms with Crippen LogP contribution in [0.4, 0.5) is 4.39 Å². The van der Waals surface area contributed by atoms with E-state index in [4.69, 9.17) is 5.73 Å². The van der Waals surface area contributed by atoms with Gasteiger partial charge >= 0.3 is 0 Å². The van der Waals surface area contributed by atoms with Gasteiger partial charge in [-0.25, -0.2) is 4.39 Å². The van der Waals surface area contributed by atoms with E-state index in [2.05, 4.69) is 20.3 Å². The van der Waals surface area contributed by atoms with Crippen LogP contribution in [-0.4, -0.2) is 39.3 Å². The maximum atomic E-state index is 13.6. The number of aromatic nitrogens is 3. The fraction of sp³-hybridized carbons (Fsp3) is 0.400. The Balaban J connectivity index is 1.96. The standard InChI is InChI=1S/C15H18FN5O/c16-11-4-5-12(13-14(15(17)22)19-20-18-13)10(8-11)9-21-6-2-1-3-7-21/h4-5,8H,1-3,6-7,9H2,(H2,17,22)(H,18,19,20). The molecule has 2 aromatic rings. The van der Waals surface area contributed by atoms with E-state index >= 15 is 0 Å². The highest BCUT2D eigenvalue weighted by molar-refractivity contribution is 5.97. The highest BCUT2D eigenvalue weighted by atomic mass is 19.1. The molecular weight excluding hydrogens is 285 g/mol. The van der Waals surface area contributed by atoms with Gasteiger partial charge in [0.15, 0.2) is 5.69 Å². The molecule has 0 saturated carbocycles. The molecule has 1 aliphatic heterocycles. The molecule has 1 aromatic heterocycles. The third-order valence-electron chi connectivity index (χ3n) is 3.95. The smallest absolute Gasteiger partial charge is 0.271 e. The maximum Gasteiger partial charge on any atom is 0.271 e. The van der Waals surface area contributed by atoms with E-state index in [9.17, 15) is 9.18 Å². The van der Waals surface area contributed by atoms with Gasteiger partial charge in [0, 0.05) is 12.1 Å². The van der Waals surface area contributed by atoms with Crippen molar-refractivity contribution in [3.63, 3.8) is 0 Å². The van der Waals surface area contributed by atoms with E-state index < -0.39 is 5.91 Å². The highest BCUT2D eigenvalue weighted by Crippen LogP contribution is 2.26. The zero-order valence-corrected chi connectivity index (χ0v) is 12.2. The lowest BCUT2D eigenvalue weighted by Crippen LogP contribution is -2.29. The maximum absolute atomic E-state index is 13.6. The van der Waals surface area contributed by atoms with Crippen molar-refractivity contribution in [3.05, 3.63) is 35.3 Å². The molecule has 0 spiro atoms. The Morgan fingerprint density at radius 2 is 2.05 bits per heavy atom. The third-order valence-corrected chi connectivity index (χ3v) is 3.95. The summed E-state index contributed by atoms with van der Waals surface area (Å²) in [4.78, 5) is 13.7. The Kier molecular flexibility index (Phi) is 4.15. The van der Waals surface area contributed by atoms with Crippen molar-refractivity contribution in [2.24, 2.45) is 5.73 Å². The number of nitrogens with zero attached hydrogens (tertiary/aromatic N) is 3. The molecule has 1 amide bonds. The number of aromatic amines is 1. The molecule has 1 aromatic carbocycles. The van der Waals surface area contributed by atoms with Crippen LogP contribution in [0.25, 0.3) is 11.3 Å². The number of carbonyl (C=O) groups excluding carboxylic acids is 1. The van der Waals surface area contributed by atoms with Gasteiger partial charge in [-0.15, -0.1) is 0 Å². The van der Waals surface area contributed by atoms with E-state index in [1.807, 2.05) is 0 Å². The van der Waals surface area contributed by atoms with Gasteiger partial charge in [-0.05, 0) is 49.7 Å². The predicted octanol–water partition coefficient (Wildman–Crippen LogP) is 1.70. The van der Waals surface area contributed by atoms with Gasteiger partial charge in [0.05, 0.1) is 0 Å². The number of likely N-dealkylation sites (tertiary alicyclic amines) is 1. The quantitative estimate of drug-likeness (QED) is 0.899. The van der Waals surface area contributed by atoms with Gasteiger partial charge in [-0.3, -0.25) is 9.69 Å². The van der Waals surface area contributed by atoms with E-state index in [0.717, 1.165) is 31.5 Å². The first-order valence-corrected chi connectivity index (χ1v) is 7.37. The largest absolute Gasteiger partial charge is 0.364 e. The molecule has 2 heterocycles. The zero-order valence-electron chi connectivity index (χ0n) is 12.2. The molecule has 1 saturated heterocycles. The molecule has 3 rings (SSSR count). The Morgan fingerprint density at radius 3 is 2.77 bits per heavy atom. The number of amides is 1. The Labute approximate surface area is 127 Å². The number of primary amides is 1. The molecule has 22 heavy (non-hydrogen) atoms. The van der Waals surface area contributed by atoms with Crippen LogP contribution >= 0.6 is 0 Å². The number of hydrogen-bond donors (Lipinski definition) is 2. The lowest BCUT2D eigenvalue weighted by atomic mass is 10.0. The van der Waals surface area contributed by atoms with Crippen LogP contribution in [0.3, 0.4) is 0 Å². The van der Waals surface area contributed by atoms with Crippen LogP contribution in [0, 0.1) is 5.82 Å². The number of H-pyrrole nitrogens is 1. The SMILES string of the molecule is NC(=O)c1n[nH]nc1-c1ccc(F)cc1CN1CCCCC1. The zero-order chi connectivity index (χ0) is 15.5. The number of halogens is 1. The normalized spacial score (nSPS) is 15.9. The molecule has 0 aliphatic carbocycles. The van der Waals surface area contributed by atoms with Crippen LogP contribution in [0.5, 0.6) is 0 Å². The topological polar surface area (TPSA) is 87.9 Å². The summed E-state index contributed by atoms with van der Waals surface area (Å²) in [5.74, 6) is -0.961. The van der Waals surface area contributed by atoms with Crippen molar-refractivity contribution >= 4 is 5.91 Å². The van der Waals surface area contributed by atoms with Crippen LogP contribution in [0.2, 0.25) is 0 Å². The first-order chi connectivity index (χ1) is 10.6. The van der Waals surface area contributed by atoms with Gasteiger partial charge in [0.25, 0.3) is 5.91 Å². The second kappa shape index (κ2) is 6.23. The lowest BCUT2D eigenvalue weighted by molar-refractivity contribution is 0.0996. The molecule has 3 N–H and O–H groups in total. The van der Waals surface area contributed by atoms with Crippen molar-refractivity contribution in [2.75, 3.05) is 13.1 Å². The first-order valence-electron chi connectivity index (χ1n) is 7.37. The Bertz CT molecular complexity index is 678. The summed E-state index contributed by atoms with van der Waals surface area (Å²) < 4.78 is 13.6. The number of rotatable bonds is 4. The molecule has 0 bridgehead atoms. The minimum Gasteiger partial charge on any atom is -0.364 e. The molecular formula is C15H18FN5O. The van der Waals surface area contributed by atoms with Crippen LogP contribution in [-0.2, 0) is 6.54 Å². The summed E-state index contributed by atoms with van der Waals surface area (Å²) >= 11 is 0. The molecule has 116 valence electrons. The summed E-state index contributed by atoms with van der Waals surface area (Å²) in [5.41, 5.74) is 7.24. The molecule has 0 unspecified atom stereocenters. The summed E-state index contributed by atoms with van der Waals surface area (Å²) in [7, 11) is 0. The minimum absolute atomic E-state index is 0.0755. The van der Waals surface area contributed by atoms with Gasteiger partial charge < -0.3 is 5.73 Å². The van der Waals surface area contributed by atoms with E-state index in [-0.39, 0.29) is 11.5 Å². The van der Waals surface area contributed by atoms with Crippen LogP contribution in [0.15, 0.2) is 18.2 Å². The predicted molar refractivity (Wildman–Crippen MR) is 79.4 cm³/mol. The fourth-order valence-electron chi connectivity index (χ4n) is 2.87. The third kappa shape index (κ3) is 2.99. The van der Waals surface area contributed by atoms with E-state index in [1.165, 1.54) is 18.6 Å². The molecule has 7 heteroatoms. The number of benzene rings is 1. The lowest BCUT2D eigenvalue weighted by Gasteiger charge is -2.27. The molecule has 6 nitrogen and oxygen atoms in total. The van der Waals surface area contributed by atoms with Gasteiger partial charge in [-0.2, -0.15) is 15.4 Å². The fourth-order valence-corrected chi connectivity index (χ4v) is 2.87. The summed E-state index contributed by atoms with van der Waals surface area (Å²) in [6, 6.07) is 4.47. The Morgan fingerprint density at radius 1 is 1.27 bits per heavy atom. The summed E-state index contributed by atoms with van der Waals surface area (Å²) in [6.45, 7) is 2.62. The number of carbonyl (C=O) groups is 1. The van der Waals surface area contributed by atoms with Gasteiger partial charge in [-0.1, -0.05) is 6.42 Å². The average Bonchev–Trinajstić information content (AvgIpc) is 2.98. The second-order valence-corrected chi connectivity index (χ2v) is 5.52. The van der Waals surface area contributed by atoms with Crippen molar-refractivity contribution in [3.8, 4) is 11.3 Å². The summed E-state index contributed by atoms with van der Waals surface area (Å²) in [5, 5.41) is 10.2. The minimum atomic E-state index is -0.656. The molecule has 0 radical (unpaired) electrons. The van der Waals surface area contributed by atoms with E-state index in [1.54, 1.807) is 6.07 Å².